The highest BCUT2D eigenvalue weighted by molar-refractivity contribution is 6.15. The zero-order chi connectivity index (χ0) is 21.5. The van der Waals surface area contributed by atoms with E-state index in [2.05, 4.69) is 40.2 Å². The Bertz CT molecular complexity index is 1340. The molecular formula is C25H25N5O. The number of H-pyrrole nitrogens is 1. The zero-order valence-electron chi connectivity index (χ0n) is 17.8. The zero-order valence-corrected chi connectivity index (χ0v) is 17.8. The van der Waals surface area contributed by atoms with Crippen LogP contribution >= 0.6 is 0 Å². The maximum absolute atomic E-state index is 13.2. The number of carbonyl (C=O) groups excluding carboxylic acids is 1. The number of carbonyl (C=O) groups is 1. The van der Waals surface area contributed by atoms with Crippen LogP contribution in [0.15, 0.2) is 48.2 Å². The summed E-state index contributed by atoms with van der Waals surface area (Å²) in [5.74, 6) is 1.14. The molecule has 0 radical (unpaired) electrons. The van der Waals surface area contributed by atoms with Gasteiger partial charge in [-0.15, -0.1) is 0 Å². The third-order valence-corrected chi connectivity index (χ3v) is 5.91. The van der Waals surface area contributed by atoms with Gasteiger partial charge < -0.3 is 10.7 Å². The Morgan fingerprint density at radius 1 is 1.23 bits per heavy atom. The maximum Gasteiger partial charge on any atom is 0.194 e. The van der Waals surface area contributed by atoms with Crippen LogP contribution in [-0.4, -0.2) is 25.5 Å². The minimum atomic E-state index is -0.0616. The number of anilines is 1. The molecule has 0 saturated carbocycles. The number of hydrogen-bond acceptors (Lipinski definition) is 4. The van der Waals surface area contributed by atoms with Gasteiger partial charge in [-0.25, -0.2) is 9.67 Å². The van der Waals surface area contributed by atoms with Crippen LogP contribution in [0.2, 0.25) is 0 Å². The van der Waals surface area contributed by atoms with E-state index in [1.165, 1.54) is 24.0 Å². The van der Waals surface area contributed by atoms with Gasteiger partial charge >= 0.3 is 0 Å². The Morgan fingerprint density at radius 3 is 2.94 bits per heavy atom. The van der Waals surface area contributed by atoms with E-state index in [9.17, 15) is 4.79 Å². The second-order valence-corrected chi connectivity index (χ2v) is 8.19. The van der Waals surface area contributed by atoms with E-state index in [4.69, 9.17) is 5.73 Å². The summed E-state index contributed by atoms with van der Waals surface area (Å²) in [6, 6.07) is 12.3. The fraction of sp³-hybridized carbons (Fsp3) is 0.240. The average Bonchev–Trinajstić information content (AvgIpc) is 3.46. The Hall–Kier alpha value is -3.67. The van der Waals surface area contributed by atoms with Gasteiger partial charge in [0.05, 0.1) is 28.5 Å². The molecule has 0 atom stereocenters. The number of nitrogens with one attached hydrogen (secondary N) is 1. The number of aromatic amines is 1. The molecule has 1 aliphatic carbocycles. The number of rotatable bonds is 6. The fourth-order valence-corrected chi connectivity index (χ4v) is 4.25. The van der Waals surface area contributed by atoms with Crippen molar-refractivity contribution in [1.82, 2.24) is 19.7 Å². The predicted octanol–water partition coefficient (Wildman–Crippen LogP) is 4.80. The van der Waals surface area contributed by atoms with Gasteiger partial charge in [0, 0.05) is 12.0 Å². The molecule has 1 aliphatic rings. The smallest absolute Gasteiger partial charge is 0.194 e. The molecule has 3 N–H and O–H groups in total. The molecule has 5 rings (SSSR count). The van der Waals surface area contributed by atoms with Crippen LogP contribution in [0.4, 0.5) is 5.82 Å². The van der Waals surface area contributed by atoms with E-state index in [1.807, 2.05) is 31.2 Å². The van der Waals surface area contributed by atoms with Crippen LogP contribution < -0.4 is 5.73 Å². The van der Waals surface area contributed by atoms with Gasteiger partial charge in [0.25, 0.3) is 0 Å². The second kappa shape index (κ2) is 7.54. The van der Waals surface area contributed by atoms with Crippen molar-refractivity contribution in [3.05, 3.63) is 76.2 Å². The maximum atomic E-state index is 13.2. The first-order valence-corrected chi connectivity index (χ1v) is 10.7. The molecule has 6 heteroatoms. The van der Waals surface area contributed by atoms with Crippen molar-refractivity contribution in [2.24, 2.45) is 0 Å². The molecule has 0 unspecified atom stereocenters. The number of benzene rings is 2. The van der Waals surface area contributed by atoms with Crippen LogP contribution in [0.5, 0.6) is 0 Å². The lowest BCUT2D eigenvalue weighted by molar-refractivity contribution is 0.103. The molecule has 0 aliphatic heterocycles. The van der Waals surface area contributed by atoms with Crippen molar-refractivity contribution >= 4 is 28.7 Å². The lowest BCUT2D eigenvalue weighted by Gasteiger charge is -2.06. The monoisotopic (exact) mass is 411 g/mol. The summed E-state index contributed by atoms with van der Waals surface area (Å²) < 4.78 is 1.61. The lowest BCUT2D eigenvalue weighted by Crippen LogP contribution is -2.08. The summed E-state index contributed by atoms with van der Waals surface area (Å²) in [6.45, 7) is 4.11. The second-order valence-electron chi connectivity index (χ2n) is 8.19. The van der Waals surface area contributed by atoms with E-state index in [1.54, 1.807) is 10.9 Å². The SMILES string of the molecule is CCCCc1ccc2c(c1)CC(C(=O)c1cnn(-c3ccc4nc(C)[nH]c4c3)c1N)=C2. The molecule has 6 nitrogen and oxygen atoms in total. The Morgan fingerprint density at radius 2 is 2.10 bits per heavy atom. The Labute approximate surface area is 180 Å². The third-order valence-electron chi connectivity index (χ3n) is 5.91. The summed E-state index contributed by atoms with van der Waals surface area (Å²) in [5, 5.41) is 4.40. The van der Waals surface area contributed by atoms with Gasteiger partial charge in [0.2, 0.25) is 0 Å². The summed E-state index contributed by atoms with van der Waals surface area (Å²) in [6.07, 6.45) is 7.62. The highest BCUT2D eigenvalue weighted by Crippen LogP contribution is 2.30. The molecule has 2 heterocycles. The van der Waals surface area contributed by atoms with Gasteiger partial charge in [-0.2, -0.15) is 5.10 Å². The molecular weight excluding hydrogens is 386 g/mol. The standard InChI is InChI=1S/C25H25N5O/c1-3-4-5-16-6-7-17-11-19(12-18(17)10-16)24(31)21-14-27-30(25(21)26)20-8-9-22-23(13-20)29-15(2)28-22/h6-11,13-14H,3-5,12,26H2,1-2H3,(H,28,29). The van der Waals surface area contributed by atoms with Crippen LogP contribution in [0.3, 0.4) is 0 Å². The van der Waals surface area contributed by atoms with Crippen LogP contribution in [0.25, 0.3) is 22.8 Å². The van der Waals surface area contributed by atoms with Gasteiger partial charge in [-0.1, -0.05) is 31.5 Å². The van der Waals surface area contributed by atoms with Crippen molar-refractivity contribution in [1.29, 1.82) is 0 Å². The number of ketones is 1. The first kappa shape index (κ1) is 19.3. The summed E-state index contributed by atoms with van der Waals surface area (Å²) in [7, 11) is 0. The number of Topliss-reactive ketones (excluding diaryl/α,β-unsaturated/α-hetero) is 1. The summed E-state index contributed by atoms with van der Waals surface area (Å²) >= 11 is 0. The summed E-state index contributed by atoms with van der Waals surface area (Å²) in [5.41, 5.74) is 13.8. The molecule has 31 heavy (non-hydrogen) atoms. The normalized spacial score (nSPS) is 12.9. The van der Waals surface area contributed by atoms with E-state index in [-0.39, 0.29) is 5.78 Å². The first-order valence-electron chi connectivity index (χ1n) is 10.7. The fourth-order valence-electron chi connectivity index (χ4n) is 4.25. The van der Waals surface area contributed by atoms with E-state index < -0.39 is 0 Å². The molecule has 4 aromatic rings. The molecule has 2 aromatic carbocycles. The quantitative estimate of drug-likeness (QED) is 0.446. The van der Waals surface area contributed by atoms with E-state index in [0.29, 0.717) is 17.8 Å². The molecule has 0 spiro atoms. The highest BCUT2D eigenvalue weighted by atomic mass is 16.1. The molecule has 156 valence electrons. The number of aromatic nitrogens is 4. The van der Waals surface area contributed by atoms with Crippen LogP contribution in [-0.2, 0) is 12.8 Å². The third kappa shape index (κ3) is 3.44. The Kier molecular flexibility index (Phi) is 4.70. The minimum absolute atomic E-state index is 0.0616. The highest BCUT2D eigenvalue weighted by Gasteiger charge is 2.24. The number of imidazole rings is 1. The molecule has 0 fully saturated rings. The van der Waals surface area contributed by atoms with E-state index in [0.717, 1.165) is 40.1 Å². The number of hydrogen-bond donors (Lipinski definition) is 2. The van der Waals surface area contributed by atoms with Crippen molar-refractivity contribution < 1.29 is 4.79 Å². The molecule has 0 amide bonds. The number of nitrogens with zero attached hydrogens (tertiary/aromatic N) is 3. The lowest BCUT2D eigenvalue weighted by atomic mass is 10.0. The van der Waals surface area contributed by atoms with Gasteiger partial charge in [0.15, 0.2) is 5.78 Å². The van der Waals surface area contributed by atoms with E-state index >= 15 is 0 Å². The molecule has 0 bridgehead atoms. The largest absolute Gasteiger partial charge is 0.383 e. The molecule has 0 saturated heterocycles. The van der Waals surface area contributed by atoms with Crippen molar-refractivity contribution in [2.45, 2.75) is 39.5 Å². The van der Waals surface area contributed by atoms with Gasteiger partial charge in [0.1, 0.15) is 11.6 Å². The van der Waals surface area contributed by atoms with Crippen LogP contribution in [0, 0.1) is 6.92 Å². The van der Waals surface area contributed by atoms with Crippen LogP contribution in [0.1, 0.15) is 52.6 Å². The minimum Gasteiger partial charge on any atom is -0.383 e. The first-order chi connectivity index (χ1) is 15.0. The number of aryl methyl sites for hydroxylation is 2. The van der Waals surface area contributed by atoms with Gasteiger partial charge in [-0.3, -0.25) is 4.79 Å². The number of allylic oxidation sites excluding steroid dienone is 1. The predicted molar refractivity (Wildman–Crippen MR) is 123 cm³/mol. The van der Waals surface area contributed by atoms with Crippen molar-refractivity contribution in [3.8, 4) is 5.69 Å². The number of nitrogen functional groups attached to an aromatic ring is 1. The number of unbranched alkanes of at least 4 members (excludes halogenated alkanes) is 1. The molecule has 2 aromatic heterocycles. The number of fused-ring (bicyclic) bond motifs is 2. The number of nitrogens with two attached hydrogens (primary N) is 1. The van der Waals surface area contributed by atoms with Crippen molar-refractivity contribution in [3.63, 3.8) is 0 Å². The average molecular weight is 412 g/mol. The topological polar surface area (TPSA) is 89.6 Å². The summed E-state index contributed by atoms with van der Waals surface area (Å²) in [4.78, 5) is 20.9. The van der Waals surface area contributed by atoms with Gasteiger partial charge in [-0.05, 0) is 60.7 Å². The Balaban J connectivity index is 1.41. The van der Waals surface area contributed by atoms with Crippen molar-refractivity contribution in [2.75, 3.05) is 5.73 Å².